The fraction of sp³-hybridized carbons (Fsp3) is 0.846. The molecule has 0 radical (unpaired) electrons. The summed E-state index contributed by atoms with van der Waals surface area (Å²) in [4.78, 5) is 22.8. The lowest BCUT2D eigenvalue weighted by molar-refractivity contribution is -0.146. The molecule has 0 aromatic rings. The zero-order chi connectivity index (χ0) is 14.4. The van der Waals surface area contributed by atoms with E-state index in [4.69, 9.17) is 5.73 Å². The highest BCUT2D eigenvalue weighted by atomic mass is 16.4. The Morgan fingerprint density at radius 1 is 1.47 bits per heavy atom. The van der Waals surface area contributed by atoms with Gasteiger partial charge in [0.05, 0.1) is 12.0 Å². The first-order valence-corrected chi connectivity index (χ1v) is 7.21. The number of nitrogens with one attached hydrogen (secondary N) is 1. The molecule has 6 heteroatoms. The Morgan fingerprint density at radius 3 is 2.68 bits per heavy atom. The number of hydrogen-bond acceptors (Lipinski definition) is 3. The van der Waals surface area contributed by atoms with Crippen molar-refractivity contribution in [1.82, 2.24) is 5.32 Å². The minimum atomic E-state index is -0.735. The third-order valence-electron chi connectivity index (χ3n) is 4.07. The van der Waals surface area contributed by atoms with Crippen LogP contribution >= 0.6 is 0 Å². The van der Waals surface area contributed by atoms with Gasteiger partial charge in [0.25, 0.3) is 0 Å². The first-order valence-electron chi connectivity index (χ1n) is 7.21. The Morgan fingerprint density at radius 2 is 2.16 bits per heavy atom. The first-order chi connectivity index (χ1) is 8.95. The molecule has 1 rings (SSSR count). The summed E-state index contributed by atoms with van der Waals surface area (Å²) in [5, 5.41) is 12.1. The van der Waals surface area contributed by atoms with Gasteiger partial charge in [-0.3, -0.25) is 9.59 Å². The van der Waals surface area contributed by atoms with E-state index in [1.807, 2.05) is 0 Å². The molecule has 1 aliphatic carbocycles. The Bertz CT molecular complexity index is 323. The summed E-state index contributed by atoms with van der Waals surface area (Å²) in [7, 11) is 2.13. The van der Waals surface area contributed by atoms with Crippen LogP contribution in [0.5, 0.6) is 0 Å². The number of carboxylic acids is 1. The number of carboxylic acid groups (broad SMARTS) is 1. The van der Waals surface area contributed by atoms with Crippen LogP contribution in [0.2, 0.25) is 6.32 Å². The van der Waals surface area contributed by atoms with Gasteiger partial charge in [0.15, 0.2) is 0 Å². The average Bonchev–Trinajstić information content (AvgIpc) is 2.36. The van der Waals surface area contributed by atoms with Crippen molar-refractivity contribution in [3.63, 3.8) is 0 Å². The lowest BCUT2D eigenvalue weighted by Gasteiger charge is -2.34. The van der Waals surface area contributed by atoms with Gasteiger partial charge in [0.2, 0.25) is 5.91 Å². The Labute approximate surface area is 115 Å². The van der Waals surface area contributed by atoms with Crippen molar-refractivity contribution >= 4 is 19.7 Å². The standard InChI is InChI=1S/C13H25BN2O3/c1-8(15)12(17)16-7-10-3-2-9(4-5-14)6-11(10)13(18)19/h8-11H,2-7,14-15H2,1H3,(H,16,17)(H,18,19)/t8-,9-,10-,11-/m0/s1. The van der Waals surface area contributed by atoms with Gasteiger partial charge in [-0.2, -0.15) is 0 Å². The van der Waals surface area contributed by atoms with Crippen molar-refractivity contribution in [2.45, 2.75) is 45.0 Å². The number of nitrogens with two attached hydrogens (primary N) is 1. The topological polar surface area (TPSA) is 92.4 Å². The van der Waals surface area contributed by atoms with Crippen LogP contribution in [-0.4, -0.2) is 37.4 Å². The zero-order valence-corrected chi connectivity index (χ0v) is 11.9. The van der Waals surface area contributed by atoms with E-state index in [0.29, 0.717) is 12.5 Å². The Balaban J connectivity index is 2.52. The molecule has 1 fully saturated rings. The maximum atomic E-state index is 11.4. The maximum Gasteiger partial charge on any atom is 0.306 e. The molecule has 0 saturated heterocycles. The fourth-order valence-corrected chi connectivity index (χ4v) is 2.93. The molecule has 0 aromatic heterocycles. The van der Waals surface area contributed by atoms with E-state index < -0.39 is 12.0 Å². The SMILES string of the molecule is BCC[C@@H]1CC[C@@H](CNC(=O)[C@H](C)N)[C@@H](C(=O)O)C1. The van der Waals surface area contributed by atoms with Crippen LogP contribution in [-0.2, 0) is 9.59 Å². The van der Waals surface area contributed by atoms with Crippen LogP contribution < -0.4 is 11.1 Å². The second-order valence-electron chi connectivity index (χ2n) is 5.71. The molecule has 4 atom stereocenters. The van der Waals surface area contributed by atoms with E-state index in [1.54, 1.807) is 6.92 Å². The minimum Gasteiger partial charge on any atom is -0.481 e. The molecule has 0 unspecified atom stereocenters. The van der Waals surface area contributed by atoms with E-state index in [2.05, 4.69) is 13.2 Å². The summed E-state index contributed by atoms with van der Waals surface area (Å²) < 4.78 is 0. The van der Waals surface area contributed by atoms with Gasteiger partial charge in [0.1, 0.15) is 7.85 Å². The van der Waals surface area contributed by atoms with E-state index in [1.165, 1.54) is 0 Å². The second kappa shape index (κ2) is 7.53. The summed E-state index contributed by atoms with van der Waals surface area (Å²) in [6, 6.07) is -0.542. The molecular weight excluding hydrogens is 243 g/mol. The molecule has 1 saturated carbocycles. The number of hydrogen-bond donors (Lipinski definition) is 3. The quantitative estimate of drug-likeness (QED) is 0.591. The van der Waals surface area contributed by atoms with E-state index in [-0.39, 0.29) is 17.7 Å². The summed E-state index contributed by atoms with van der Waals surface area (Å²) in [6.07, 6.45) is 4.88. The van der Waals surface area contributed by atoms with Gasteiger partial charge < -0.3 is 16.2 Å². The third kappa shape index (κ3) is 4.86. The normalized spacial score (nSPS) is 28.6. The summed E-state index contributed by atoms with van der Waals surface area (Å²) in [5.41, 5.74) is 5.48. The van der Waals surface area contributed by atoms with Crippen LogP contribution in [0.15, 0.2) is 0 Å². The van der Waals surface area contributed by atoms with Gasteiger partial charge in [-0.05, 0) is 31.6 Å². The van der Waals surface area contributed by atoms with Crippen LogP contribution in [0, 0.1) is 17.8 Å². The van der Waals surface area contributed by atoms with Crippen LogP contribution in [0.4, 0.5) is 0 Å². The molecule has 4 N–H and O–H groups in total. The first kappa shape index (κ1) is 16.0. The molecule has 108 valence electrons. The fourth-order valence-electron chi connectivity index (χ4n) is 2.93. The number of carbonyl (C=O) groups is 2. The van der Waals surface area contributed by atoms with E-state index >= 15 is 0 Å². The number of carbonyl (C=O) groups excluding carboxylic acids is 1. The smallest absolute Gasteiger partial charge is 0.306 e. The predicted molar refractivity (Wildman–Crippen MR) is 76.6 cm³/mol. The van der Waals surface area contributed by atoms with Gasteiger partial charge in [-0.1, -0.05) is 19.2 Å². The Kier molecular flexibility index (Phi) is 6.35. The second-order valence-corrected chi connectivity index (χ2v) is 5.71. The van der Waals surface area contributed by atoms with Crippen LogP contribution in [0.1, 0.15) is 32.6 Å². The van der Waals surface area contributed by atoms with Gasteiger partial charge >= 0.3 is 5.97 Å². The molecule has 0 bridgehead atoms. The number of amides is 1. The highest BCUT2D eigenvalue weighted by Crippen LogP contribution is 2.36. The summed E-state index contributed by atoms with van der Waals surface area (Å²) in [5.74, 6) is -0.723. The van der Waals surface area contributed by atoms with Gasteiger partial charge in [0, 0.05) is 6.54 Å². The lowest BCUT2D eigenvalue weighted by Crippen LogP contribution is -2.44. The minimum absolute atomic E-state index is 0.0355. The molecule has 1 aliphatic rings. The van der Waals surface area contributed by atoms with E-state index in [9.17, 15) is 14.7 Å². The molecule has 0 aliphatic heterocycles. The van der Waals surface area contributed by atoms with Crippen molar-refractivity contribution in [3.05, 3.63) is 0 Å². The van der Waals surface area contributed by atoms with Crippen molar-refractivity contribution in [1.29, 1.82) is 0 Å². The average molecular weight is 268 g/mol. The summed E-state index contributed by atoms with van der Waals surface area (Å²) >= 11 is 0. The monoisotopic (exact) mass is 268 g/mol. The van der Waals surface area contributed by atoms with Crippen molar-refractivity contribution in [3.8, 4) is 0 Å². The van der Waals surface area contributed by atoms with Crippen LogP contribution in [0.25, 0.3) is 0 Å². The molecule has 0 aromatic carbocycles. The summed E-state index contributed by atoms with van der Waals surface area (Å²) in [6.45, 7) is 2.05. The van der Waals surface area contributed by atoms with Crippen LogP contribution in [0.3, 0.4) is 0 Å². The highest BCUT2D eigenvalue weighted by molar-refractivity contribution is 6.08. The van der Waals surface area contributed by atoms with Crippen molar-refractivity contribution in [2.24, 2.45) is 23.5 Å². The molecule has 1 amide bonds. The highest BCUT2D eigenvalue weighted by Gasteiger charge is 2.34. The molecule has 19 heavy (non-hydrogen) atoms. The van der Waals surface area contributed by atoms with Gasteiger partial charge in [-0.15, -0.1) is 0 Å². The van der Waals surface area contributed by atoms with Crippen molar-refractivity contribution < 1.29 is 14.7 Å². The third-order valence-corrected chi connectivity index (χ3v) is 4.07. The molecule has 0 heterocycles. The molecular formula is C13H25BN2O3. The lowest BCUT2D eigenvalue weighted by atomic mass is 9.71. The number of rotatable bonds is 6. The predicted octanol–water partition coefficient (Wildman–Crippen LogP) is 0.00840. The molecule has 0 spiro atoms. The Hall–Kier alpha value is -1.04. The van der Waals surface area contributed by atoms with E-state index in [0.717, 1.165) is 32.0 Å². The van der Waals surface area contributed by atoms with Gasteiger partial charge in [-0.25, -0.2) is 0 Å². The zero-order valence-electron chi connectivity index (χ0n) is 11.9. The number of aliphatic carboxylic acids is 1. The van der Waals surface area contributed by atoms with Crippen molar-refractivity contribution in [2.75, 3.05) is 6.54 Å². The largest absolute Gasteiger partial charge is 0.481 e. The molecule has 5 nitrogen and oxygen atoms in total. The maximum absolute atomic E-state index is 11.4.